The molecule has 2 saturated carbocycles. The number of fused-ring (bicyclic) bond motifs is 5. The molecule has 4 aliphatic rings. The molecule has 3 fully saturated rings. The summed E-state index contributed by atoms with van der Waals surface area (Å²) in [5.41, 5.74) is 2.89. The van der Waals surface area contributed by atoms with Crippen LogP contribution in [0.2, 0.25) is 0 Å². The van der Waals surface area contributed by atoms with Crippen LogP contribution in [-0.4, -0.2) is 40.9 Å². The number of unbranched alkanes of at least 4 members (excludes halogenated alkanes) is 3. The van der Waals surface area contributed by atoms with E-state index in [-0.39, 0.29) is 16.9 Å². The van der Waals surface area contributed by atoms with Crippen molar-refractivity contribution >= 4 is 0 Å². The molecule has 1 unspecified atom stereocenters. The Kier molecular flexibility index (Phi) is 6.66. The number of aromatic hydroxyl groups is 1. The highest BCUT2D eigenvalue weighted by Crippen LogP contribution is 2.69. The Hall–Kier alpha value is -1.32. The molecule has 5 rings (SSSR count). The van der Waals surface area contributed by atoms with Gasteiger partial charge < -0.3 is 15.1 Å². The predicted octanol–water partition coefficient (Wildman–Crippen LogP) is 6.44. The second kappa shape index (κ2) is 9.38. The van der Waals surface area contributed by atoms with E-state index in [1.807, 2.05) is 12.1 Å². The standard InChI is InChI=1S/C30H45NO2/c1-3-30-16-15-22-20-24(32)11-12-25(22)28(30)23(21-29(2)26(30)13-14-27(29)33)10-6-4-5-7-17-31-18-8-9-19-31/h3,11-12,20,23,26-28,32-33H,1,4-10,13-19,21H2,2H3/t23-,26+,27-,28+,29-,30?/m0/s1. The van der Waals surface area contributed by atoms with Gasteiger partial charge in [-0.25, -0.2) is 0 Å². The van der Waals surface area contributed by atoms with Crippen molar-refractivity contribution in [2.75, 3.05) is 19.6 Å². The number of hydrogen-bond acceptors (Lipinski definition) is 3. The van der Waals surface area contributed by atoms with Crippen LogP contribution in [0.4, 0.5) is 0 Å². The lowest BCUT2D eigenvalue weighted by Crippen LogP contribution is -2.54. The molecule has 0 aromatic heterocycles. The number of allylic oxidation sites excluding steroid dienone is 1. The number of aliphatic hydroxyl groups is 1. The number of rotatable bonds is 8. The first-order valence-corrected chi connectivity index (χ1v) is 13.8. The van der Waals surface area contributed by atoms with Gasteiger partial charge in [0.25, 0.3) is 0 Å². The summed E-state index contributed by atoms with van der Waals surface area (Å²) in [4.78, 5) is 2.64. The van der Waals surface area contributed by atoms with Gasteiger partial charge in [-0.2, -0.15) is 0 Å². The maximum absolute atomic E-state index is 11.1. The van der Waals surface area contributed by atoms with Crippen LogP contribution in [0, 0.1) is 22.7 Å². The number of likely N-dealkylation sites (tertiary alicyclic amines) is 1. The molecule has 1 saturated heterocycles. The van der Waals surface area contributed by atoms with Crippen molar-refractivity contribution < 1.29 is 10.2 Å². The van der Waals surface area contributed by atoms with Crippen molar-refractivity contribution in [3.63, 3.8) is 0 Å². The summed E-state index contributed by atoms with van der Waals surface area (Å²) < 4.78 is 0. The lowest BCUT2D eigenvalue weighted by molar-refractivity contribution is -0.0812. The van der Waals surface area contributed by atoms with Gasteiger partial charge in [-0.05, 0) is 129 Å². The zero-order valence-corrected chi connectivity index (χ0v) is 20.8. The number of hydrogen-bond donors (Lipinski definition) is 2. The fraction of sp³-hybridized carbons (Fsp3) is 0.733. The summed E-state index contributed by atoms with van der Waals surface area (Å²) in [6.07, 6.45) is 16.8. The van der Waals surface area contributed by atoms with Gasteiger partial charge in [0, 0.05) is 0 Å². The Morgan fingerprint density at radius 2 is 1.91 bits per heavy atom. The molecule has 0 radical (unpaired) electrons. The minimum absolute atomic E-state index is 0.0134. The van der Waals surface area contributed by atoms with Gasteiger partial charge in [-0.3, -0.25) is 0 Å². The Morgan fingerprint density at radius 1 is 1.12 bits per heavy atom. The second-order valence-corrected chi connectivity index (χ2v) is 12.0. The lowest BCUT2D eigenvalue weighted by Gasteiger charge is -2.60. The molecule has 2 N–H and O–H groups in total. The van der Waals surface area contributed by atoms with Crippen LogP contribution in [0.25, 0.3) is 0 Å². The first-order chi connectivity index (χ1) is 16.0. The zero-order valence-electron chi connectivity index (χ0n) is 20.8. The van der Waals surface area contributed by atoms with E-state index in [1.165, 1.54) is 75.7 Å². The molecule has 1 aliphatic heterocycles. The van der Waals surface area contributed by atoms with Crippen LogP contribution in [0.3, 0.4) is 0 Å². The van der Waals surface area contributed by atoms with Crippen molar-refractivity contribution in [1.82, 2.24) is 4.90 Å². The quantitative estimate of drug-likeness (QED) is 0.353. The third-order valence-electron chi connectivity index (χ3n) is 10.4. The summed E-state index contributed by atoms with van der Waals surface area (Å²) in [6.45, 7) is 10.7. The van der Waals surface area contributed by atoms with E-state index in [4.69, 9.17) is 0 Å². The fourth-order valence-corrected chi connectivity index (χ4v) is 8.79. The molecule has 3 heteroatoms. The molecule has 0 bridgehead atoms. The van der Waals surface area contributed by atoms with Crippen LogP contribution in [0.1, 0.15) is 94.6 Å². The van der Waals surface area contributed by atoms with Crippen LogP contribution in [-0.2, 0) is 6.42 Å². The summed E-state index contributed by atoms with van der Waals surface area (Å²) in [7, 11) is 0. The summed E-state index contributed by atoms with van der Waals surface area (Å²) in [6, 6.07) is 6.11. The number of nitrogens with zero attached hydrogens (tertiary/aromatic N) is 1. The summed E-state index contributed by atoms with van der Waals surface area (Å²) in [5.74, 6) is 1.97. The highest BCUT2D eigenvalue weighted by molar-refractivity contribution is 5.43. The number of phenols is 1. The molecule has 3 nitrogen and oxygen atoms in total. The van der Waals surface area contributed by atoms with Crippen LogP contribution in [0.5, 0.6) is 5.75 Å². The SMILES string of the molecule is C=CC12CCc3cc(O)ccc3[C@H]1[C@@H](CCCCCCN1CCCC1)C[C@]1(C)[C@@H](O)CC[C@@H]21. The van der Waals surface area contributed by atoms with Crippen molar-refractivity contribution in [1.29, 1.82) is 0 Å². The van der Waals surface area contributed by atoms with Gasteiger partial charge in [0.05, 0.1) is 6.10 Å². The summed E-state index contributed by atoms with van der Waals surface area (Å²) >= 11 is 0. The first kappa shape index (κ1) is 23.4. The molecule has 6 atom stereocenters. The van der Waals surface area contributed by atoms with Gasteiger partial charge in [0.15, 0.2) is 0 Å². The van der Waals surface area contributed by atoms with Crippen LogP contribution >= 0.6 is 0 Å². The molecule has 33 heavy (non-hydrogen) atoms. The van der Waals surface area contributed by atoms with E-state index < -0.39 is 0 Å². The van der Waals surface area contributed by atoms with Gasteiger partial charge in [0.2, 0.25) is 0 Å². The molecular formula is C30H45NO2. The number of benzene rings is 1. The molecular weight excluding hydrogens is 406 g/mol. The van der Waals surface area contributed by atoms with E-state index in [9.17, 15) is 10.2 Å². The van der Waals surface area contributed by atoms with E-state index in [0.29, 0.717) is 23.5 Å². The van der Waals surface area contributed by atoms with Crippen LogP contribution < -0.4 is 0 Å². The average molecular weight is 452 g/mol. The molecule has 0 spiro atoms. The van der Waals surface area contributed by atoms with Crippen molar-refractivity contribution in [3.05, 3.63) is 42.0 Å². The van der Waals surface area contributed by atoms with E-state index in [0.717, 1.165) is 32.1 Å². The van der Waals surface area contributed by atoms with E-state index in [2.05, 4.69) is 30.5 Å². The minimum Gasteiger partial charge on any atom is -0.508 e. The molecule has 1 aromatic rings. The maximum atomic E-state index is 11.1. The highest BCUT2D eigenvalue weighted by Gasteiger charge is 2.63. The van der Waals surface area contributed by atoms with Gasteiger partial charge >= 0.3 is 0 Å². The van der Waals surface area contributed by atoms with Gasteiger partial charge in [-0.1, -0.05) is 38.3 Å². The number of aryl methyl sites for hydroxylation is 1. The van der Waals surface area contributed by atoms with Crippen molar-refractivity contribution in [3.8, 4) is 5.75 Å². The molecule has 0 amide bonds. The van der Waals surface area contributed by atoms with Crippen molar-refractivity contribution in [2.45, 2.75) is 96.0 Å². The van der Waals surface area contributed by atoms with Crippen LogP contribution in [0.15, 0.2) is 30.9 Å². The normalized spacial score (nSPS) is 38.0. The highest BCUT2D eigenvalue weighted by atomic mass is 16.3. The average Bonchev–Trinajstić information content (AvgIpc) is 3.43. The molecule has 1 heterocycles. The maximum Gasteiger partial charge on any atom is 0.115 e. The van der Waals surface area contributed by atoms with Crippen molar-refractivity contribution in [2.24, 2.45) is 22.7 Å². The van der Waals surface area contributed by atoms with E-state index in [1.54, 1.807) is 0 Å². The Balaban J connectivity index is 1.33. The fourth-order valence-electron chi connectivity index (χ4n) is 8.79. The summed E-state index contributed by atoms with van der Waals surface area (Å²) in [5, 5.41) is 21.2. The molecule has 3 aliphatic carbocycles. The zero-order chi connectivity index (χ0) is 23.1. The third-order valence-corrected chi connectivity index (χ3v) is 10.4. The first-order valence-electron chi connectivity index (χ1n) is 13.8. The minimum atomic E-state index is -0.176. The Morgan fingerprint density at radius 3 is 2.70 bits per heavy atom. The molecule has 1 aromatic carbocycles. The van der Waals surface area contributed by atoms with Gasteiger partial charge in [0.1, 0.15) is 5.75 Å². The third kappa shape index (κ3) is 4.08. The smallest absolute Gasteiger partial charge is 0.115 e. The van der Waals surface area contributed by atoms with E-state index >= 15 is 0 Å². The second-order valence-electron chi connectivity index (χ2n) is 12.0. The Bertz CT molecular complexity index is 846. The number of phenolic OH excluding ortho intramolecular Hbond substituents is 1. The molecule has 182 valence electrons. The Labute approximate surface area is 201 Å². The number of aliphatic hydroxyl groups excluding tert-OH is 1. The van der Waals surface area contributed by atoms with Gasteiger partial charge in [-0.15, -0.1) is 6.58 Å². The largest absolute Gasteiger partial charge is 0.508 e. The predicted molar refractivity (Wildman–Crippen MR) is 136 cm³/mol. The topological polar surface area (TPSA) is 43.7 Å². The lowest BCUT2D eigenvalue weighted by atomic mass is 9.44. The monoisotopic (exact) mass is 451 g/mol.